The van der Waals surface area contributed by atoms with E-state index in [1.165, 1.54) is 9.36 Å². The molecule has 0 unspecified atom stereocenters. The third-order valence-corrected chi connectivity index (χ3v) is 4.20. The summed E-state index contributed by atoms with van der Waals surface area (Å²) in [6.07, 6.45) is 0. The Morgan fingerprint density at radius 3 is 1.26 bits per heavy atom. The van der Waals surface area contributed by atoms with Gasteiger partial charge in [0.1, 0.15) is 0 Å². The average Bonchev–Trinajstić information content (AvgIpc) is 3.32. The molecule has 2 heterocycles. The minimum Gasteiger partial charge on any atom is -0.476 e. The number of carbonyl (C=O) groups is 2. The van der Waals surface area contributed by atoms with Gasteiger partial charge in [-0.3, -0.25) is 0 Å². The van der Waals surface area contributed by atoms with Gasteiger partial charge in [0.2, 0.25) is 0 Å². The van der Waals surface area contributed by atoms with Gasteiger partial charge in [-0.1, -0.05) is 46.8 Å². The van der Waals surface area contributed by atoms with E-state index in [1.54, 1.807) is 13.8 Å². The van der Waals surface area contributed by atoms with Crippen molar-refractivity contribution in [3.05, 3.63) is 83.4 Å². The fraction of sp³-hybridized carbons (Fsp3) is 0.100. The fourth-order valence-electron chi connectivity index (χ4n) is 2.68. The summed E-state index contributed by atoms with van der Waals surface area (Å²) >= 11 is 0. The molecule has 31 heavy (non-hydrogen) atoms. The van der Waals surface area contributed by atoms with Crippen LogP contribution in [0.3, 0.4) is 0 Å². The molecule has 160 valence electrons. The number of benzene rings is 2. The molecule has 0 radical (unpaired) electrons. The summed E-state index contributed by atoms with van der Waals surface area (Å²) in [7, 11) is 0. The first kappa shape index (κ1) is 22.9. The van der Waals surface area contributed by atoms with E-state index in [9.17, 15) is 9.59 Å². The molecule has 2 aromatic heterocycles. The van der Waals surface area contributed by atoms with Crippen molar-refractivity contribution in [2.75, 3.05) is 0 Å². The predicted octanol–water partition coefficient (Wildman–Crippen LogP) is 1.72. The molecule has 0 atom stereocenters. The van der Waals surface area contributed by atoms with Gasteiger partial charge in [0.05, 0.1) is 22.8 Å². The van der Waals surface area contributed by atoms with Crippen LogP contribution in [0.1, 0.15) is 32.4 Å². The summed E-state index contributed by atoms with van der Waals surface area (Å²) in [5, 5.41) is 32.4. The van der Waals surface area contributed by atoms with Gasteiger partial charge in [0.25, 0.3) is 0 Å². The first-order valence-corrected chi connectivity index (χ1v) is 8.82. The third kappa shape index (κ3) is 4.97. The van der Waals surface area contributed by atoms with Crippen molar-refractivity contribution in [1.82, 2.24) is 30.0 Å². The lowest BCUT2D eigenvalue weighted by atomic mass is 10.3. The van der Waals surface area contributed by atoms with Gasteiger partial charge >= 0.3 is 11.9 Å². The second-order valence-electron chi connectivity index (χ2n) is 6.15. The lowest BCUT2D eigenvalue weighted by Crippen LogP contribution is -2.02. The predicted molar refractivity (Wildman–Crippen MR) is 110 cm³/mol. The van der Waals surface area contributed by atoms with Crippen molar-refractivity contribution >= 4 is 11.9 Å². The van der Waals surface area contributed by atoms with E-state index in [2.05, 4.69) is 20.6 Å². The average molecular weight is 424 g/mol. The molecule has 0 aliphatic heterocycles. The minimum atomic E-state index is -1.06. The molecule has 0 bridgehead atoms. The highest BCUT2D eigenvalue weighted by atomic mass is 16.4. The highest BCUT2D eigenvalue weighted by Crippen LogP contribution is 2.12. The number of aromatic carboxylic acids is 2. The van der Waals surface area contributed by atoms with Crippen molar-refractivity contribution < 1.29 is 25.3 Å². The molecular weight excluding hydrogens is 404 g/mol. The normalized spacial score (nSPS) is 9.87. The summed E-state index contributed by atoms with van der Waals surface area (Å²) in [6, 6.07) is 18.6. The van der Waals surface area contributed by atoms with Crippen LogP contribution in [-0.2, 0) is 0 Å². The Morgan fingerprint density at radius 1 is 0.677 bits per heavy atom. The number of hydrogen-bond donors (Lipinski definition) is 2. The first-order valence-electron chi connectivity index (χ1n) is 8.82. The summed E-state index contributed by atoms with van der Waals surface area (Å²) in [6.45, 7) is 3.35. The lowest BCUT2D eigenvalue weighted by Gasteiger charge is -2.01. The standard InChI is InChI=1S/2C10H9N3O2.H2O/c2*1-7-9(10(14)15)11-12-13(7)8-5-3-2-4-6-8;/h2*2-6H,1H3,(H,14,15);1H2. The Labute approximate surface area is 176 Å². The Hall–Kier alpha value is -4.38. The Balaban J connectivity index is 0.000000213. The Morgan fingerprint density at radius 2 is 1.00 bits per heavy atom. The van der Waals surface area contributed by atoms with Gasteiger partial charge < -0.3 is 15.7 Å². The highest BCUT2D eigenvalue weighted by molar-refractivity contribution is 5.86. The van der Waals surface area contributed by atoms with Crippen LogP contribution in [0.15, 0.2) is 60.7 Å². The topological polar surface area (TPSA) is 168 Å². The lowest BCUT2D eigenvalue weighted by molar-refractivity contribution is 0.0678. The molecule has 0 amide bonds. The maximum Gasteiger partial charge on any atom is 0.358 e. The van der Waals surface area contributed by atoms with Gasteiger partial charge in [-0.05, 0) is 38.1 Å². The summed E-state index contributed by atoms with van der Waals surface area (Å²) in [4.78, 5) is 21.5. The Bertz CT molecular complexity index is 1080. The molecule has 0 fully saturated rings. The molecule has 11 nitrogen and oxygen atoms in total. The quantitative estimate of drug-likeness (QED) is 0.499. The van der Waals surface area contributed by atoms with Crippen molar-refractivity contribution in [2.45, 2.75) is 13.8 Å². The maximum absolute atomic E-state index is 10.8. The molecule has 4 N–H and O–H groups in total. The smallest absolute Gasteiger partial charge is 0.358 e. The number of para-hydroxylation sites is 2. The maximum atomic E-state index is 10.8. The van der Waals surface area contributed by atoms with Crippen LogP contribution in [0, 0.1) is 13.8 Å². The van der Waals surface area contributed by atoms with Crippen LogP contribution < -0.4 is 0 Å². The summed E-state index contributed by atoms with van der Waals surface area (Å²) in [5.41, 5.74) is 2.62. The monoisotopic (exact) mass is 424 g/mol. The molecule has 4 rings (SSSR count). The van der Waals surface area contributed by atoms with Gasteiger partial charge in [0, 0.05) is 0 Å². The van der Waals surface area contributed by atoms with Crippen LogP contribution in [0.4, 0.5) is 0 Å². The fourth-order valence-corrected chi connectivity index (χ4v) is 2.68. The van der Waals surface area contributed by atoms with Crippen LogP contribution in [0.5, 0.6) is 0 Å². The molecule has 0 aliphatic rings. The number of carboxylic acids is 2. The number of nitrogens with zero attached hydrogens (tertiary/aromatic N) is 6. The van der Waals surface area contributed by atoms with Crippen LogP contribution in [0.25, 0.3) is 11.4 Å². The summed E-state index contributed by atoms with van der Waals surface area (Å²) in [5.74, 6) is -2.12. The highest BCUT2D eigenvalue weighted by Gasteiger charge is 2.16. The van der Waals surface area contributed by atoms with E-state index in [0.717, 1.165) is 11.4 Å². The number of rotatable bonds is 4. The van der Waals surface area contributed by atoms with E-state index in [1.807, 2.05) is 60.7 Å². The van der Waals surface area contributed by atoms with Crippen molar-refractivity contribution in [3.8, 4) is 11.4 Å². The zero-order valence-electron chi connectivity index (χ0n) is 16.7. The molecule has 11 heteroatoms. The molecule has 2 aromatic carbocycles. The first-order chi connectivity index (χ1) is 14.4. The minimum absolute atomic E-state index is 0. The molecule has 4 aromatic rings. The van der Waals surface area contributed by atoms with Crippen molar-refractivity contribution in [3.63, 3.8) is 0 Å². The van der Waals surface area contributed by atoms with Crippen LogP contribution in [-0.4, -0.2) is 57.6 Å². The van der Waals surface area contributed by atoms with Crippen LogP contribution >= 0.6 is 0 Å². The third-order valence-electron chi connectivity index (χ3n) is 4.20. The van der Waals surface area contributed by atoms with E-state index < -0.39 is 11.9 Å². The van der Waals surface area contributed by atoms with E-state index in [0.29, 0.717) is 11.4 Å². The van der Waals surface area contributed by atoms with E-state index in [4.69, 9.17) is 10.2 Å². The second-order valence-corrected chi connectivity index (χ2v) is 6.15. The SMILES string of the molecule is Cc1c(C(=O)O)nnn1-c1ccccc1.Cc1c(C(=O)O)nnn1-c1ccccc1.O. The largest absolute Gasteiger partial charge is 0.476 e. The molecule has 0 saturated heterocycles. The number of hydrogen-bond acceptors (Lipinski definition) is 6. The van der Waals surface area contributed by atoms with Gasteiger partial charge in [0.15, 0.2) is 11.4 Å². The molecule has 0 spiro atoms. The van der Waals surface area contributed by atoms with Gasteiger partial charge in [-0.25, -0.2) is 19.0 Å². The van der Waals surface area contributed by atoms with Gasteiger partial charge in [-0.15, -0.1) is 10.2 Å². The molecule has 0 aliphatic carbocycles. The van der Waals surface area contributed by atoms with Crippen molar-refractivity contribution in [2.24, 2.45) is 0 Å². The zero-order valence-corrected chi connectivity index (χ0v) is 16.7. The van der Waals surface area contributed by atoms with E-state index >= 15 is 0 Å². The second kappa shape index (κ2) is 9.89. The zero-order chi connectivity index (χ0) is 21.7. The van der Waals surface area contributed by atoms with E-state index in [-0.39, 0.29) is 16.9 Å². The molecular formula is C20H20N6O5. The molecule has 0 saturated carbocycles. The number of carboxylic acid groups (broad SMARTS) is 2. The number of aromatic nitrogens is 6. The van der Waals surface area contributed by atoms with Crippen LogP contribution in [0.2, 0.25) is 0 Å². The Kier molecular flexibility index (Phi) is 7.31. The van der Waals surface area contributed by atoms with Crippen molar-refractivity contribution in [1.29, 1.82) is 0 Å². The summed E-state index contributed by atoms with van der Waals surface area (Å²) < 4.78 is 3.01. The van der Waals surface area contributed by atoms with Gasteiger partial charge in [-0.2, -0.15) is 0 Å².